The Bertz CT molecular complexity index is 112. The van der Waals surface area contributed by atoms with Crippen LogP contribution >= 0.6 is 0 Å². The van der Waals surface area contributed by atoms with E-state index in [9.17, 15) is 0 Å². The molecule has 0 spiro atoms. The first-order chi connectivity index (χ1) is 5.54. The van der Waals surface area contributed by atoms with Crippen molar-refractivity contribution in [2.24, 2.45) is 0 Å². The zero-order valence-electron chi connectivity index (χ0n) is 7.65. The standard InChI is InChI=1S/C6H14O6.Fe.2H2O/c7-1-3(9)5(11)6(12)4(10)2-8;;;/h3-12H,1-2H2;;2*1H2/q;+2;;/p-2. The van der Waals surface area contributed by atoms with E-state index in [-0.39, 0.29) is 28.0 Å². The SMILES string of the molecule is OCC(O)C(O)C(O)C(O)CO.[Fe+2].[OH-].[OH-]. The molecule has 0 aromatic heterocycles. The van der Waals surface area contributed by atoms with Crippen molar-refractivity contribution in [2.45, 2.75) is 24.4 Å². The van der Waals surface area contributed by atoms with Gasteiger partial charge in [0.25, 0.3) is 0 Å². The van der Waals surface area contributed by atoms with Crippen molar-refractivity contribution < 1.29 is 58.7 Å². The monoisotopic (exact) mass is 272 g/mol. The number of aliphatic hydroxyl groups excluding tert-OH is 6. The maximum atomic E-state index is 8.96. The van der Waals surface area contributed by atoms with Gasteiger partial charge in [0.2, 0.25) is 0 Å². The van der Waals surface area contributed by atoms with E-state index in [1.807, 2.05) is 0 Å². The molecule has 0 radical (unpaired) electrons. The molecule has 15 heavy (non-hydrogen) atoms. The van der Waals surface area contributed by atoms with Gasteiger partial charge in [-0.05, 0) is 0 Å². The van der Waals surface area contributed by atoms with Gasteiger partial charge in [0.1, 0.15) is 24.4 Å². The van der Waals surface area contributed by atoms with Gasteiger partial charge < -0.3 is 41.6 Å². The molecular weight excluding hydrogens is 256 g/mol. The van der Waals surface area contributed by atoms with Crippen LogP contribution in [0, 0.1) is 0 Å². The van der Waals surface area contributed by atoms with Crippen molar-refractivity contribution in [1.29, 1.82) is 0 Å². The molecule has 8 nitrogen and oxygen atoms in total. The molecule has 0 aliphatic rings. The van der Waals surface area contributed by atoms with Crippen LogP contribution in [0.4, 0.5) is 0 Å². The van der Waals surface area contributed by atoms with Crippen molar-refractivity contribution in [2.75, 3.05) is 13.2 Å². The first-order valence-corrected chi connectivity index (χ1v) is 3.48. The Kier molecular flexibility index (Phi) is 20.0. The maximum absolute atomic E-state index is 8.96. The summed E-state index contributed by atoms with van der Waals surface area (Å²) in [5, 5.41) is 52.2. The van der Waals surface area contributed by atoms with Crippen molar-refractivity contribution in [3.8, 4) is 0 Å². The minimum absolute atomic E-state index is 0. The molecular formula is C6H16FeO8. The second kappa shape index (κ2) is 12.3. The van der Waals surface area contributed by atoms with Crippen molar-refractivity contribution in [3.63, 3.8) is 0 Å². The van der Waals surface area contributed by atoms with Crippen LogP contribution < -0.4 is 0 Å². The van der Waals surface area contributed by atoms with E-state index in [4.69, 9.17) is 30.6 Å². The van der Waals surface area contributed by atoms with Crippen molar-refractivity contribution >= 4 is 0 Å². The van der Waals surface area contributed by atoms with E-state index in [0.29, 0.717) is 0 Å². The summed E-state index contributed by atoms with van der Waals surface area (Å²) in [6.07, 6.45) is -6.39. The molecule has 0 bridgehead atoms. The van der Waals surface area contributed by atoms with Gasteiger partial charge in [-0.3, -0.25) is 0 Å². The van der Waals surface area contributed by atoms with Gasteiger partial charge in [0.15, 0.2) is 0 Å². The zero-order chi connectivity index (χ0) is 9.72. The van der Waals surface area contributed by atoms with Gasteiger partial charge in [-0.15, -0.1) is 0 Å². The van der Waals surface area contributed by atoms with Crippen LogP contribution in [-0.2, 0) is 17.1 Å². The van der Waals surface area contributed by atoms with E-state index in [1.165, 1.54) is 0 Å². The fraction of sp³-hybridized carbons (Fsp3) is 1.00. The van der Waals surface area contributed by atoms with Crippen LogP contribution in [0.1, 0.15) is 0 Å². The number of rotatable bonds is 5. The Morgan fingerprint density at radius 3 is 1.00 bits per heavy atom. The zero-order valence-corrected chi connectivity index (χ0v) is 8.76. The Morgan fingerprint density at radius 1 is 0.667 bits per heavy atom. The Morgan fingerprint density at radius 2 is 0.867 bits per heavy atom. The fourth-order valence-electron chi connectivity index (χ4n) is 0.671. The molecule has 0 aromatic carbocycles. The van der Waals surface area contributed by atoms with E-state index < -0.39 is 37.6 Å². The Labute approximate surface area is 96.9 Å². The quantitative estimate of drug-likeness (QED) is 0.274. The molecule has 0 aliphatic carbocycles. The van der Waals surface area contributed by atoms with Crippen LogP contribution in [0.5, 0.6) is 0 Å². The fourth-order valence-corrected chi connectivity index (χ4v) is 0.671. The average molecular weight is 272 g/mol. The summed E-state index contributed by atoms with van der Waals surface area (Å²) in [5.74, 6) is 0. The second-order valence-corrected chi connectivity index (χ2v) is 2.48. The van der Waals surface area contributed by atoms with Crippen molar-refractivity contribution in [3.05, 3.63) is 0 Å². The van der Waals surface area contributed by atoms with Gasteiger partial charge in [-0.2, -0.15) is 0 Å². The van der Waals surface area contributed by atoms with E-state index >= 15 is 0 Å². The molecule has 9 heteroatoms. The maximum Gasteiger partial charge on any atom is 2.00 e. The van der Waals surface area contributed by atoms with Crippen LogP contribution in [0.3, 0.4) is 0 Å². The van der Waals surface area contributed by atoms with Crippen LogP contribution in [0.25, 0.3) is 0 Å². The number of aliphatic hydroxyl groups is 6. The summed E-state index contributed by atoms with van der Waals surface area (Å²) in [4.78, 5) is 0. The third-order valence-corrected chi connectivity index (χ3v) is 1.51. The molecule has 0 aromatic rings. The largest absolute Gasteiger partial charge is 2.00 e. The predicted molar refractivity (Wildman–Crippen MR) is 42.1 cm³/mol. The molecule has 0 saturated heterocycles. The van der Waals surface area contributed by atoms with Crippen LogP contribution in [-0.4, -0.2) is 79.2 Å². The van der Waals surface area contributed by atoms with Gasteiger partial charge in [0, 0.05) is 0 Å². The third kappa shape index (κ3) is 8.05. The molecule has 0 aliphatic heterocycles. The van der Waals surface area contributed by atoms with Gasteiger partial charge >= 0.3 is 17.1 Å². The molecule has 0 amide bonds. The first-order valence-electron chi connectivity index (χ1n) is 3.48. The first kappa shape index (κ1) is 24.4. The summed E-state index contributed by atoms with van der Waals surface area (Å²) in [5.41, 5.74) is 0. The third-order valence-electron chi connectivity index (χ3n) is 1.51. The van der Waals surface area contributed by atoms with Gasteiger partial charge in [-0.25, -0.2) is 0 Å². The Balaban J connectivity index is -0.000000202. The molecule has 0 heterocycles. The smallest absolute Gasteiger partial charge is 0.870 e. The summed E-state index contributed by atoms with van der Waals surface area (Å²) < 4.78 is 0. The van der Waals surface area contributed by atoms with Crippen molar-refractivity contribution in [1.82, 2.24) is 0 Å². The van der Waals surface area contributed by atoms with E-state index in [0.717, 1.165) is 0 Å². The topological polar surface area (TPSA) is 181 Å². The summed E-state index contributed by atoms with van der Waals surface area (Å²) in [6, 6.07) is 0. The predicted octanol–water partition coefficient (Wildman–Crippen LogP) is -3.94. The normalized spacial score (nSPS) is 17.2. The molecule has 0 fully saturated rings. The molecule has 0 rings (SSSR count). The summed E-state index contributed by atoms with van der Waals surface area (Å²) >= 11 is 0. The Hall–Kier alpha value is 0.199. The number of hydrogen-bond acceptors (Lipinski definition) is 8. The minimum atomic E-state index is -1.67. The molecule has 4 atom stereocenters. The van der Waals surface area contributed by atoms with E-state index in [2.05, 4.69) is 0 Å². The van der Waals surface area contributed by atoms with Gasteiger partial charge in [-0.1, -0.05) is 0 Å². The minimum Gasteiger partial charge on any atom is -0.870 e. The molecule has 4 unspecified atom stereocenters. The summed E-state index contributed by atoms with van der Waals surface area (Å²) in [6.45, 7) is -1.45. The molecule has 8 N–H and O–H groups in total. The number of hydrogen-bond donors (Lipinski definition) is 6. The average Bonchev–Trinajstić information content (AvgIpc) is 2.12. The molecule has 0 saturated carbocycles. The van der Waals surface area contributed by atoms with E-state index in [1.54, 1.807) is 0 Å². The van der Waals surface area contributed by atoms with Gasteiger partial charge in [0.05, 0.1) is 13.2 Å². The summed E-state index contributed by atoms with van der Waals surface area (Å²) in [7, 11) is 0. The van der Waals surface area contributed by atoms with Crippen LogP contribution in [0.15, 0.2) is 0 Å². The molecule has 96 valence electrons. The van der Waals surface area contributed by atoms with Crippen LogP contribution in [0.2, 0.25) is 0 Å². The second-order valence-electron chi connectivity index (χ2n) is 2.48.